The third kappa shape index (κ3) is 2.90. The summed E-state index contributed by atoms with van der Waals surface area (Å²) >= 11 is 0. The fourth-order valence-electron chi connectivity index (χ4n) is 5.30. The van der Waals surface area contributed by atoms with Crippen LogP contribution in [0.2, 0.25) is 0 Å². The van der Waals surface area contributed by atoms with Crippen LogP contribution in [0.3, 0.4) is 0 Å². The molecular weight excluding hydrogens is 390 g/mol. The number of amides is 1. The smallest absolute Gasteiger partial charge is 0.259 e. The van der Waals surface area contributed by atoms with E-state index in [0.29, 0.717) is 30.1 Å². The Morgan fingerprint density at radius 1 is 1.23 bits per heavy atom. The highest BCUT2D eigenvalue weighted by molar-refractivity contribution is 5.96. The fourth-order valence-corrected chi connectivity index (χ4v) is 5.30. The Morgan fingerprint density at radius 2 is 2.10 bits per heavy atom. The monoisotopic (exact) mass is 419 g/mol. The van der Waals surface area contributed by atoms with Crippen LogP contribution in [0.1, 0.15) is 60.6 Å². The molecule has 5 heterocycles. The van der Waals surface area contributed by atoms with Crippen LogP contribution in [0.4, 0.5) is 5.69 Å². The van der Waals surface area contributed by atoms with Crippen molar-refractivity contribution in [2.75, 3.05) is 24.5 Å². The van der Waals surface area contributed by atoms with Crippen molar-refractivity contribution in [2.45, 2.75) is 52.0 Å². The van der Waals surface area contributed by atoms with Crippen molar-refractivity contribution in [1.82, 2.24) is 19.6 Å². The lowest BCUT2D eigenvalue weighted by molar-refractivity contribution is 0.0779. The molecule has 0 aromatic carbocycles. The number of nitrogens with zero attached hydrogens (tertiary/aromatic N) is 5. The average Bonchev–Trinajstić information content (AvgIpc) is 3.51. The van der Waals surface area contributed by atoms with Crippen LogP contribution >= 0.6 is 0 Å². The molecule has 0 N–H and O–H groups in total. The number of pyridine rings is 1. The van der Waals surface area contributed by atoms with Gasteiger partial charge in [-0.2, -0.15) is 0 Å². The molecule has 31 heavy (non-hydrogen) atoms. The molecule has 0 radical (unpaired) electrons. The second-order valence-electron chi connectivity index (χ2n) is 8.59. The van der Waals surface area contributed by atoms with Crippen molar-refractivity contribution < 1.29 is 9.32 Å². The molecule has 1 atom stereocenters. The van der Waals surface area contributed by atoms with Crippen molar-refractivity contribution in [2.24, 2.45) is 0 Å². The van der Waals surface area contributed by atoms with Crippen molar-refractivity contribution in [3.63, 3.8) is 0 Å². The van der Waals surface area contributed by atoms with Crippen molar-refractivity contribution in [3.8, 4) is 5.82 Å². The number of hydrogen-bond donors (Lipinski definition) is 0. The minimum Gasteiger partial charge on any atom is -0.360 e. The molecule has 2 aliphatic rings. The molecule has 1 saturated heterocycles. The lowest BCUT2D eigenvalue weighted by Gasteiger charge is -2.47. The van der Waals surface area contributed by atoms with Gasteiger partial charge in [0.25, 0.3) is 5.91 Å². The number of rotatable bonds is 5. The number of anilines is 1. The summed E-state index contributed by atoms with van der Waals surface area (Å²) < 4.78 is 7.68. The molecule has 3 aromatic heterocycles. The SMILES string of the molecule is CCCc1onc(C)c1C(=O)N1CC[C@]2(C1)c1cccn1-c1ncccc1N2CCC. The topological polar surface area (TPSA) is 67.4 Å². The molecule has 7 heteroatoms. The van der Waals surface area contributed by atoms with Gasteiger partial charge < -0.3 is 18.9 Å². The van der Waals surface area contributed by atoms with Gasteiger partial charge in [0.15, 0.2) is 5.82 Å². The second kappa shape index (κ2) is 7.55. The molecule has 0 bridgehead atoms. The van der Waals surface area contributed by atoms with Gasteiger partial charge in [-0.1, -0.05) is 19.0 Å². The molecule has 0 saturated carbocycles. The summed E-state index contributed by atoms with van der Waals surface area (Å²) in [6.45, 7) is 8.41. The maximum absolute atomic E-state index is 13.6. The normalized spacial score (nSPS) is 19.7. The van der Waals surface area contributed by atoms with Crippen LogP contribution < -0.4 is 4.90 Å². The summed E-state index contributed by atoms with van der Waals surface area (Å²) in [5.41, 5.74) is 3.41. The van der Waals surface area contributed by atoms with Crippen LogP contribution in [0.25, 0.3) is 5.82 Å². The van der Waals surface area contributed by atoms with Crippen LogP contribution in [-0.2, 0) is 12.0 Å². The molecule has 3 aromatic rings. The third-order valence-corrected chi connectivity index (χ3v) is 6.63. The molecule has 1 spiro atoms. The Kier molecular flexibility index (Phi) is 4.84. The third-order valence-electron chi connectivity index (χ3n) is 6.63. The maximum Gasteiger partial charge on any atom is 0.259 e. The fraction of sp³-hybridized carbons (Fsp3) is 0.458. The number of aryl methyl sites for hydroxylation is 2. The van der Waals surface area contributed by atoms with Crippen LogP contribution in [0.5, 0.6) is 0 Å². The zero-order chi connectivity index (χ0) is 21.6. The Labute approximate surface area is 182 Å². The first-order valence-electron chi connectivity index (χ1n) is 11.3. The predicted octanol–water partition coefficient (Wildman–Crippen LogP) is 4.09. The Bertz CT molecular complexity index is 1120. The van der Waals surface area contributed by atoms with Gasteiger partial charge in [-0.05, 0) is 50.5 Å². The minimum absolute atomic E-state index is 0.0330. The summed E-state index contributed by atoms with van der Waals surface area (Å²) in [4.78, 5) is 22.7. The molecular formula is C24H29N5O2. The maximum atomic E-state index is 13.6. The summed E-state index contributed by atoms with van der Waals surface area (Å²) in [5.74, 6) is 1.70. The Morgan fingerprint density at radius 3 is 2.90 bits per heavy atom. The molecule has 1 fully saturated rings. The van der Waals surface area contributed by atoms with E-state index < -0.39 is 0 Å². The van der Waals surface area contributed by atoms with Gasteiger partial charge in [0.2, 0.25) is 0 Å². The van der Waals surface area contributed by atoms with E-state index in [9.17, 15) is 4.79 Å². The largest absolute Gasteiger partial charge is 0.360 e. The molecule has 5 rings (SSSR count). The highest BCUT2D eigenvalue weighted by atomic mass is 16.5. The Hall–Kier alpha value is -3.09. The van der Waals surface area contributed by atoms with Gasteiger partial charge in [0.05, 0.1) is 17.1 Å². The van der Waals surface area contributed by atoms with Crippen molar-refractivity contribution in [1.29, 1.82) is 0 Å². The van der Waals surface area contributed by atoms with Gasteiger partial charge in [0, 0.05) is 38.4 Å². The summed E-state index contributed by atoms with van der Waals surface area (Å²) in [7, 11) is 0. The van der Waals surface area contributed by atoms with E-state index in [1.165, 1.54) is 5.69 Å². The van der Waals surface area contributed by atoms with Crippen LogP contribution in [0.15, 0.2) is 41.2 Å². The van der Waals surface area contributed by atoms with E-state index in [-0.39, 0.29) is 11.4 Å². The second-order valence-corrected chi connectivity index (χ2v) is 8.59. The first-order chi connectivity index (χ1) is 15.1. The lowest BCUT2D eigenvalue weighted by Crippen LogP contribution is -2.53. The molecule has 2 aliphatic heterocycles. The highest BCUT2D eigenvalue weighted by Gasteiger charge is 2.51. The first kappa shape index (κ1) is 19.8. The van der Waals surface area contributed by atoms with Gasteiger partial charge >= 0.3 is 0 Å². The van der Waals surface area contributed by atoms with Crippen LogP contribution in [-0.4, -0.2) is 45.1 Å². The van der Waals surface area contributed by atoms with Gasteiger partial charge in [-0.3, -0.25) is 4.79 Å². The van der Waals surface area contributed by atoms with E-state index in [1.54, 1.807) is 0 Å². The number of carbonyl (C=O) groups is 1. The van der Waals surface area contributed by atoms with E-state index in [2.05, 4.69) is 57.9 Å². The van der Waals surface area contributed by atoms with Crippen molar-refractivity contribution in [3.05, 3.63) is 59.4 Å². The quantitative estimate of drug-likeness (QED) is 0.623. The number of fused-ring (bicyclic) bond motifs is 4. The molecule has 7 nitrogen and oxygen atoms in total. The van der Waals surface area contributed by atoms with Crippen LogP contribution in [0, 0.1) is 6.92 Å². The zero-order valence-corrected chi connectivity index (χ0v) is 18.5. The van der Waals surface area contributed by atoms with Crippen molar-refractivity contribution >= 4 is 11.6 Å². The summed E-state index contributed by atoms with van der Waals surface area (Å²) in [6, 6.07) is 8.41. The Balaban J connectivity index is 1.55. The van der Waals surface area contributed by atoms with E-state index >= 15 is 0 Å². The lowest BCUT2D eigenvalue weighted by atomic mass is 9.88. The average molecular weight is 420 g/mol. The minimum atomic E-state index is -0.263. The van der Waals surface area contributed by atoms with E-state index in [4.69, 9.17) is 4.52 Å². The number of hydrogen-bond acceptors (Lipinski definition) is 5. The summed E-state index contributed by atoms with van der Waals surface area (Å²) in [5, 5.41) is 4.09. The van der Waals surface area contributed by atoms with E-state index in [0.717, 1.165) is 43.7 Å². The zero-order valence-electron chi connectivity index (χ0n) is 18.5. The van der Waals surface area contributed by atoms with Gasteiger partial charge in [0.1, 0.15) is 16.9 Å². The van der Waals surface area contributed by atoms with Gasteiger partial charge in [-0.15, -0.1) is 0 Å². The molecule has 0 unspecified atom stereocenters. The standard InChI is InChI=1S/C24H29N5O2/c1-4-8-19-21(17(3)26-31-19)23(30)27-15-11-24(16-27)20-10-7-14-28(20)22-18(9-6-12-25-22)29(24)13-5-2/h6-7,9-10,12,14H,4-5,8,11,13,15-16H2,1-3H3/t24-/m0/s1. The number of aromatic nitrogens is 3. The molecule has 162 valence electrons. The summed E-state index contributed by atoms with van der Waals surface area (Å²) in [6.07, 6.45) is 7.48. The number of carbonyl (C=O) groups excluding carboxylic acids is 1. The highest BCUT2D eigenvalue weighted by Crippen LogP contribution is 2.47. The molecule has 0 aliphatic carbocycles. The molecule has 1 amide bonds. The number of likely N-dealkylation sites (tertiary alicyclic amines) is 1. The van der Waals surface area contributed by atoms with E-state index in [1.807, 2.05) is 24.1 Å². The first-order valence-corrected chi connectivity index (χ1v) is 11.3. The van der Waals surface area contributed by atoms with Gasteiger partial charge in [-0.25, -0.2) is 4.98 Å². The predicted molar refractivity (Wildman–Crippen MR) is 119 cm³/mol.